The molecule has 0 aliphatic carbocycles. The van der Waals surface area contributed by atoms with E-state index in [-0.39, 0.29) is 4.90 Å². The minimum atomic E-state index is -3.40. The molecule has 2 N–H and O–H groups in total. The molecule has 0 aromatic heterocycles. The molecular formula is C22H30N4O2S. The monoisotopic (exact) mass is 414 g/mol. The van der Waals surface area contributed by atoms with E-state index in [1.807, 2.05) is 12.1 Å². The summed E-state index contributed by atoms with van der Waals surface area (Å²) in [6.07, 6.45) is 1.10. The lowest BCUT2D eigenvalue weighted by Gasteiger charge is -2.39. The Kier molecular flexibility index (Phi) is 6.92. The largest absolute Gasteiger partial charge is 0.352 e. The molecule has 156 valence electrons. The van der Waals surface area contributed by atoms with Gasteiger partial charge in [0.05, 0.1) is 4.90 Å². The van der Waals surface area contributed by atoms with Gasteiger partial charge in [-0.25, -0.2) is 13.1 Å². The van der Waals surface area contributed by atoms with Crippen LogP contribution in [0, 0.1) is 5.92 Å². The van der Waals surface area contributed by atoms with Crippen LogP contribution in [0.4, 0.5) is 0 Å². The molecule has 2 aromatic carbocycles. The van der Waals surface area contributed by atoms with Crippen molar-refractivity contribution in [3.8, 4) is 0 Å². The van der Waals surface area contributed by atoms with Gasteiger partial charge in [0.1, 0.15) is 0 Å². The first kappa shape index (κ1) is 21.3. The predicted octanol–water partition coefficient (Wildman–Crippen LogP) is 2.80. The first-order chi connectivity index (χ1) is 13.9. The molecule has 0 amide bonds. The Hall–Kier alpha value is -2.38. The van der Waals surface area contributed by atoms with Crippen LogP contribution >= 0.6 is 0 Å². The lowest BCUT2D eigenvalue weighted by atomic mass is 9.82. The number of guanidine groups is 1. The average molecular weight is 415 g/mol. The van der Waals surface area contributed by atoms with E-state index >= 15 is 0 Å². The van der Waals surface area contributed by atoms with Crippen molar-refractivity contribution < 1.29 is 8.42 Å². The van der Waals surface area contributed by atoms with Gasteiger partial charge in [0.2, 0.25) is 10.0 Å². The Balaban J connectivity index is 1.59. The van der Waals surface area contributed by atoms with E-state index in [9.17, 15) is 8.42 Å². The molecule has 2 unspecified atom stereocenters. The molecule has 2 atom stereocenters. The molecular weight excluding hydrogens is 384 g/mol. The first-order valence-electron chi connectivity index (χ1n) is 9.97. The smallest absolute Gasteiger partial charge is 0.240 e. The zero-order valence-electron chi connectivity index (χ0n) is 17.3. The number of hydrogen-bond acceptors (Lipinski definition) is 3. The molecule has 1 aliphatic rings. The van der Waals surface area contributed by atoms with Crippen LogP contribution in [0.15, 0.2) is 64.5 Å². The topological polar surface area (TPSA) is 73.8 Å². The van der Waals surface area contributed by atoms with Crippen LogP contribution in [0.5, 0.6) is 0 Å². The number of nitrogens with zero attached hydrogens (tertiary/aromatic N) is 2. The minimum Gasteiger partial charge on any atom is -0.352 e. The SMILES string of the molecule is CN=C(NCc1ccc(S(=O)(=O)NC)cc1)N1CCC(c2ccccc2)C(C)C1. The van der Waals surface area contributed by atoms with E-state index in [1.165, 1.54) is 12.6 Å². The Morgan fingerprint density at radius 1 is 1.14 bits per heavy atom. The van der Waals surface area contributed by atoms with E-state index < -0.39 is 10.0 Å². The second kappa shape index (κ2) is 9.41. The lowest BCUT2D eigenvalue weighted by molar-refractivity contribution is 0.234. The molecule has 2 aromatic rings. The molecule has 29 heavy (non-hydrogen) atoms. The van der Waals surface area contributed by atoms with Gasteiger partial charge in [-0.3, -0.25) is 4.99 Å². The highest BCUT2D eigenvalue weighted by Gasteiger charge is 2.28. The van der Waals surface area contributed by atoms with Gasteiger partial charge in [-0.1, -0.05) is 49.4 Å². The van der Waals surface area contributed by atoms with Gasteiger partial charge in [-0.2, -0.15) is 0 Å². The molecule has 6 nitrogen and oxygen atoms in total. The van der Waals surface area contributed by atoms with Crippen molar-refractivity contribution in [2.24, 2.45) is 10.9 Å². The maximum absolute atomic E-state index is 11.8. The number of piperidine rings is 1. The maximum atomic E-state index is 11.8. The number of likely N-dealkylation sites (tertiary alicyclic amines) is 1. The van der Waals surface area contributed by atoms with Crippen molar-refractivity contribution >= 4 is 16.0 Å². The summed E-state index contributed by atoms with van der Waals surface area (Å²) in [5.41, 5.74) is 2.42. The van der Waals surface area contributed by atoms with Gasteiger partial charge >= 0.3 is 0 Å². The predicted molar refractivity (Wildman–Crippen MR) is 117 cm³/mol. The van der Waals surface area contributed by atoms with Gasteiger partial charge in [0.25, 0.3) is 0 Å². The molecule has 1 heterocycles. The third-order valence-corrected chi connectivity index (χ3v) is 7.03. The van der Waals surface area contributed by atoms with Gasteiger partial charge < -0.3 is 10.2 Å². The summed E-state index contributed by atoms with van der Waals surface area (Å²) in [4.78, 5) is 7.03. The fourth-order valence-electron chi connectivity index (χ4n) is 3.95. The number of nitrogens with one attached hydrogen (secondary N) is 2. The zero-order valence-corrected chi connectivity index (χ0v) is 18.1. The number of rotatable bonds is 5. The highest BCUT2D eigenvalue weighted by atomic mass is 32.2. The van der Waals surface area contributed by atoms with Crippen molar-refractivity contribution in [2.75, 3.05) is 27.2 Å². The van der Waals surface area contributed by atoms with Crippen LogP contribution in [0.2, 0.25) is 0 Å². The Bertz CT molecular complexity index is 927. The lowest BCUT2D eigenvalue weighted by Crippen LogP contribution is -2.47. The number of aliphatic imine (C=N–C) groups is 1. The normalized spacial score (nSPS) is 20.5. The molecule has 1 aliphatic heterocycles. The van der Waals surface area contributed by atoms with Crippen LogP contribution in [-0.4, -0.2) is 46.5 Å². The maximum Gasteiger partial charge on any atom is 0.240 e. The quantitative estimate of drug-likeness (QED) is 0.583. The number of hydrogen-bond donors (Lipinski definition) is 2. The summed E-state index contributed by atoms with van der Waals surface area (Å²) in [5.74, 6) is 2.00. The van der Waals surface area contributed by atoms with Crippen LogP contribution in [0.3, 0.4) is 0 Å². The fraction of sp³-hybridized carbons (Fsp3) is 0.409. The highest BCUT2D eigenvalue weighted by Crippen LogP contribution is 2.32. The molecule has 3 rings (SSSR count). The standard InChI is InChI=1S/C22H30N4O2S/c1-17-16-26(14-13-21(17)19-7-5-4-6-8-19)22(23-2)25-15-18-9-11-20(12-10-18)29(27,28)24-3/h4-12,17,21,24H,13-16H2,1-3H3,(H,23,25). The fourth-order valence-corrected chi connectivity index (χ4v) is 4.68. The molecule has 0 spiro atoms. The van der Waals surface area contributed by atoms with Gasteiger partial charge in [-0.15, -0.1) is 0 Å². The molecule has 1 saturated heterocycles. The molecule has 7 heteroatoms. The summed E-state index contributed by atoms with van der Waals surface area (Å²) in [6.45, 7) is 4.82. The van der Waals surface area contributed by atoms with E-state index in [0.717, 1.165) is 31.0 Å². The Morgan fingerprint density at radius 2 is 1.83 bits per heavy atom. The van der Waals surface area contributed by atoms with Crippen LogP contribution < -0.4 is 10.0 Å². The second-order valence-corrected chi connectivity index (χ2v) is 9.37. The van der Waals surface area contributed by atoms with Gasteiger partial charge in [-0.05, 0) is 48.6 Å². The average Bonchev–Trinajstić information content (AvgIpc) is 2.75. The van der Waals surface area contributed by atoms with E-state index in [0.29, 0.717) is 18.4 Å². The summed E-state index contributed by atoms with van der Waals surface area (Å²) in [5, 5.41) is 3.41. The molecule has 0 saturated carbocycles. The minimum absolute atomic E-state index is 0.268. The summed E-state index contributed by atoms with van der Waals surface area (Å²) < 4.78 is 26.0. The van der Waals surface area contributed by atoms with Gasteiger partial charge in [0, 0.05) is 26.7 Å². The van der Waals surface area contributed by atoms with Crippen molar-refractivity contribution in [3.63, 3.8) is 0 Å². The van der Waals surface area contributed by atoms with Crippen LogP contribution in [0.25, 0.3) is 0 Å². The second-order valence-electron chi connectivity index (χ2n) is 7.48. The van der Waals surface area contributed by atoms with Crippen LogP contribution in [-0.2, 0) is 16.6 Å². The van der Waals surface area contributed by atoms with E-state index in [1.54, 1.807) is 19.2 Å². The third-order valence-electron chi connectivity index (χ3n) is 5.60. The molecule has 0 bridgehead atoms. The summed E-state index contributed by atoms with van der Waals surface area (Å²) >= 11 is 0. The van der Waals surface area contributed by atoms with Crippen molar-refractivity contribution in [2.45, 2.75) is 30.7 Å². The number of benzene rings is 2. The first-order valence-corrected chi connectivity index (χ1v) is 11.5. The summed E-state index contributed by atoms with van der Waals surface area (Å²) in [6, 6.07) is 17.6. The van der Waals surface area contributed by atoms with Crippen molar-refractivity contribution in [1.82, 2.24) is 14.9 Å². The van der Waals surface area contributed by atoms with Gasteiger partial charge in [0.15, 0.2) is 5.96 Å². The van der Waals surface area contributed by atoms with E-state index in [4.69, 9.17) is 0 Å². The van der Waals surface area contributed by atoms with Crippen molar-refractivity contribution in [1.29, 1.82) is 0 Å². The van der Waals surface area contributed by atoms with Crippen LogP contribution in [0.1, 0.15) is 30.4 Å². The van der Waals surface area contributed by atoms with E-state index in [2.05, 4.69) is 57.2 Å². The summed E-state index contributed by atoms with van der Waals surface area (Å²) in [7, 11) is -0.187. The Morgan fingerprint density at radius 3 is 2.41 bits per heavy atom. The molecule has 1 fully saturated rings. The number of sulfonamides is 1. The zero-order chi connectivity index (χ0) is 20.9. The Labute approximate surface area is 174 Å². The molecule has 0 radical (unpaired) electrons. The van der Waals surface area contributed by atoms with Crippen molar-refractivity contribution in [3.05, 3.63) is 65.7 Å². The highest BCUT2D eigenvalue weighted by molar-refractivity contribution is 7.89. The third kappa shape index (κ3) is 5.16.